The van der Waals surface area contributed by atoms with Gasteiger partial charge in [-0.15, -0.1) is 24.0 Å². The maximum absolute atomic E-state index is 13.3. The summed E-state index contributed by atoms with van der Waals surface area (Å²) in [5.41, 5.74) is 0.851. The van der Waals surface area contributed by atoms with Crippen LogP contribution in [0, 0.1) is 11.7 Å². The van der Waals surface area contributed by atoms with E-state index in [9.17, 15) is 9.18 Å². The number of rotatable bonds is 5. The molecule has 0 spiro atoms. The van der Waals surface area contributed by atoms with Gasteiger partial charge in [0.15, 0.2) is 5.96 Å². The molecule has 1 aliphatic carbocycles. The maximum Gasteiger partial charge on any atom is 0.225 e. The third-order valence-electron chi connectivity index (χ3n) is 5.54. The van der Waals surface area contributed by atoms with E-state index in [2.05, 4.69) is 15.6 Å². The molecular formula is C21H31ClFIN4O. The van der Waals surface area contributed by atoms with Crippen molar-refractivity contribution in [2.75, 3.05) is 19.6 Å². The zero-order valence-corrected chi connectivity index (χ0v) is 20.0. The molecule has 29 heavy (non-hydrogen) atoms. The molecule has 162 valence electrons. The van der Waals surface area contributed by atoms with Gasteiger partial charge in [0.25, 0.3) is 0 Å². The standard InChI is InChI=1S/C21H30ClFN4O.HI/c1-2-24-21(25-13-15-8-9-19(23)18(22)12-15)26-17-10-11-27(14-17)20(28)16-6-4-3-5-7-16;/h8-9,12,16-17H,2-7,10-11,13-14H2,1H3,(H2,24,25,26);1H. The van der Waals surface area contributed by atoms with Gasteiger partial charge in [-0.3, -0.25) is 4.79 Å². The van der Waals surface area contributed by atoms with Gasteiger partial charge in [-0.25, -0.2) is 9.38 Å². The second-order valence-corrected chi connectivity index (χ2v) is 8.10. The van der Waals surface area contributed by atoms with Gasteiger partial charge in [0.05, 0.1) is 11.6 Å². The van der Waals surface area contributed by atoms with Crippen LogP contribution in [0.5, 0.6) is 0 Å². The highest BCUT2D eigenvalue weighted by atomic mass is 127. The average molecular weight is 537 g/mol. The van der Waals surface area contributed by atoms with Gasteiger partial charge < -0.3 is 15.5 Å². The highest BCUT2D eigenvalue weighted by molar-refractivity contribution is 14.0. The Hall–Kier alpha value is -1.09. The molecule has 2 fully saturated rings. The maximum atomic E-state index is 13.3. The predicted molar refractivity (Wildman–Crippen MR) is 126 cm³/mol. The van der Waals surface area contributed by atoms with Crippen molar-refractivity contribution in [3.63, 3.8) is 0 Å². The molecule has 1 unspecified atom stereocenters. The molecular weight excluding hydrogens is 506 g/mol. The molecule has 1 amide bonds. The summed E-state index contributed by atoms with van der Waals surface area (Å²) in [6.07, 6.45) is 6.61. The van der Waals surface area contributed by atoms with Crippen LogP contribution in [0.1, 0.15) is 51.0 Å². The second-order valence-electron chi connectivity index (χ2n) is 7.69. The molecule has 3 rings (SSSR count). The molecule has 5 nitrogen and oxygen atoms in total. The summed E-state index contributed by atoms with van der Waals surface area (Å²) in [6, 6.07) is 4.85. The van der Waals surface area contributed by atoms with Crippen LogP contribution in [0.25, 0.3) is 0 Å². The number of hydrogen-bond acceptors (Lipinski definition) is 2. The summed E-state index contributed by atoms with van der Waals surface area (Å²) in [7, 11) is 0. The van der Waals surface area contributed by atoms with Crippen LogP contribution in [-0.2, 0) is 11.3 Å². The van der Waals surface area contributed by atoms with Gasteiger partial charge >= 0.3 is 0 Å². The van der Waals surface area contributed by atoms with E-state index in [0.717, 1.165) is 44.5 Å². The number of guanidine groups is 1. The first-order valence-corrected chi connectivity index (χ1v) is 10.7. The minimum Gasteiger partial charge on any atom is -0.357 e. The van der Waals surface area contributed by atoms with Crippen LogP contribution in [0.4, 0.5) is 4.39 Å². The van der Waals surface area contributed by atoms with Crippen molar-refractivity contribution in [2.45, 2.75) is 58.0 Å². The zero-order valence-electron chi connectivity index (χ0n) is 16.9. The fourth-order valence-corrected chi connectivity index (χ4v) is 4.21. The van der Waals surface area contributed by atoms with E-state index in [1.54, 1.807) is 12.1 Å². The second kappa shape index (κ2) is 11.9. The lowest BCUT2D eigenvalue weighted by Gasteiger charge is -2.26. The fourth-order valence-electron chi connectivity index (χ4n) is 4.01. The molecule has 1 saturated carbocycles. The molecule has 1 saturated heterocycles. The van der Waals surface area contributed by atoms with Gasteiger partial charge in [0.2, 0.25) is 5.91 Å². The topological polar surface area (TPSA) is 56.7 Å². The summed E-state index contributed by atoms with van der Waals surface area (Å²) in [6.45, 7) is 4.70. The number of benzene rings is 1. The molecule has 2 N–H and O–H groups in total. The van der Waals surface area contributed by atoms with E-state index in [4.69, 9.17) is 11.6 Å². The smallest absolute Gasteiger partial charge is 0.225 e. The molecule has 1 aromatic rings. The molecule has 1 heterocycles. The molecule has 1 aliphatic heterocycles. The Labute approximate surface area is 194 Å². The Morgan fingerprint density at radius 2 is 2.03 bits per heavy atom. The minimum atomic E-state index is -0.423. The first-order chi connectivity index (χ1) is 13.6. The van der Waals surface area contributed by atoms with E-state index in [1.807, 2.05) is 11.8 Å². The van der Waals surface area contributed by atoms with E-state index in [-0.39, 0.29) is 41.0 Å². The first kappa shape index (κ1) is 24.2. The van der Waals surface area contributed by atoms with E-state index in [1.165, 1.54) is 25.3 Å². The number of likely N-dealkylation sites (tertiary alicyclic amines) is 1. The number of nitrogens with zero attached hydrogens (tertiary/aromatic N) is 2. The highest BCUT2D eigenvalue weighted by Crippen LogP contribution is 2.26. The lowest BCUT2D eigenvalue weighted by atomic mass is 9.88. The number of nitrogens with one attached hydrogen (secondary N) is 2. The van der Waals surface area contributed by atoms with Crippen LogP contribution >= 0.6 is 35.6 Å². The quantitative estimate of drug-likeness (QED) is 0.335. The van der Waals surface area contributed by atoms with Crippen LogP contribution in [0.3, 0.4) is 0 Å². The number of carbonyl (C=O) groups excluding carboxylic acids is 1. The molecule has 1 atom stereocenters. The Balaban J connectivity index is 0.00000300. The number of amides is 1. The summed E-state index contributed by atoms with van der Waals surface area (Å²) in [5, 5.41) is 6.79. The summed E-state index contributed by atoms with van der Waals surface area (Å²) in [4.78, 5) is 19.3. The predicted octanol–water partition coefficient (Wildman–Crippen LogP) is 4.33. The SMILES string of the molecule is CCNC(=NCc1ccc(F)c(Cl)c1)NC1CCN(C(=O)C2CCCCC2)C1.I. The molecule has 0 radical (unpaired) electrons. The fraction of sp³-hybridized carbons (Fsp3) is 0.619. The molecule has 0 aromatic heterocycles. The van der Waals surface area contributed by atoms with Crippen LogP contribution < -0.4 is 10.6 Å². The third-order valence-corrected chi connectivity index (χ3v) is 5.83. The van der Waals surface area contributed by atoms with E-state index < -0.39 is 5.82 Å². The first-order valence-electron chi connectivity index (χ1n) is 10.3. The van der Waals surface area contributed by atoms with E-state index in [0.29, 0.717) is 18.4 Å². The number of hydrogen-bond donors (Lipinski definition) is 2. The minimum absolute atomic E-state index is 0. The van der Waals surface area contributed by atoms with Crippen molar-refractivity contribution in [1.82, 2.24) is 15.5 Å². The Morgan fingerprint density at radius 3 is 2.72 bits per heavy atom. The van der Waals surface area contributed by atoms with Crippen molar-refractivity contribution in [3.8, 4) is 0 Å². The van der Waals surface area contributed by atoms with Crippen molar-refractivity contribution < 1.29 is 9.18 Å². The van der Waals surface area contributed by atoms with Crippen molar-refractivity contribution in [2.24, 2.45) is 10.9 Å². The van der Waals surface area contributed by atoms with Gasteiger partial charge in [0.1, 0.15) is 5.82 Å². The summed E-state index contributed by atoms with van der Waals surface area (Å²) in [5.74, 6) is 0.831. The molecule has 8 heteroatoms. The summed E-state index contributed by atoms with van der Waals surface area (Å²) < 4.78 is 13.3. The van der Waals surface area contributed by atoms with Gasteiger partial charge in [-0.05, 0) is 43.9 Å². The normalized spacial score (nSPS) is 20.3. The van der Waals surface area contributed by atoms with Crippen LogP contribution in [0.2, 0.25) is 5.02 Å². The van der Waals surface area contributed by atoms with Gasteiger partial charge in [-0.1, -0.05) is 36.9 Å². The summed E-state index contributed by atoms with van der Waals surface area (Å²) >= 11 is 5.85. The van der Waals surface area contributed by atoms with Crippen molar-refractivity contribution in [1.29, 1.82) is 0 Å². The Kier molecular flexibility index (Phi) is 9.95. The monoisotopic (exact) mass is 536 g/mol. The van der Waals surface area contributed by atoms with Crippen LogP contribution in [0.15, 0.2) is 23.2 Å². The zero-order chi connectivity index (χ0) is 19.9. The van der Waals surface area contributed by atoms with E-state index >= 15 is 0 Å². The van der Waals surface area contributed by atoms with Crippen LogP contribution in [-0.4, -0.2) is 42.4 Å². The molecule has 2 aliphatic rings. The number of aliphatic imine (C=N–C) groups is 1. The number of carbonyl (C=O) groups is 1. The van der Waals surface area contributed by atoms with Crippen molar-refractivity contribution >= 4 is 47.4 Å². The lowest BCUT2D eigenvalue weighted by Crippen LogP contribution is -2.45. The average Bonchev–Trinajstić information content (AvgIpc) is 3.17. The largest absolute Gasteiger partial charge is 0.357 e. The van der Waals surface area contributed by atoms with Crippen molar-refractivity contribution in [3.05, 3.63) is 34.6 Å². The van der Waals surface area contributed by atoms with Gasteiger partial charge in [0, 0.05) is 31.6 Å². The van der Waals surface area contributed by atoms with Gasteiger partial charge in [-0.2, -0.15) is 0 Å². The lowest BCUT2D eigenvalue weighted by molar-refractivity contribution is -0.135. The molecule has 1 aromatic carbocycles. The third kappa shape index (κ3) is 6.98. The highest BCUT2D eigenvalue weighted by Gasteiger charge is 2.31. The Morgan fingerprint density at radius 1 is 1.28 bits per heavy atom. The Bertz CT molecular complexity index is 712. The number of halogens is 3. The molecule has 0 bridgehead atoms.